The molecule has 0 saturated carbocycles. The predicted molar refractivity (Wildman–Crippen MR) is 61.1 cm³/mol. The average Bonchev–Trinajstić information content (AvgIpc) is 2.20. The molecule has 1 rings (SSSR count). The lowest BCUT2D eigenvalue weighted by Crippen LogP contribution is -2.07. The van der Waals surface area contributed by atoms with Crippen LogP contribution in [-0.4, -0.2) is 17.6 Å². The van der Waals surface area contributed by atoms with Crippen LogP contribution >= 0.6 is 0 Å². The number of aliphatic carboxylic acids is 1. The van der Waals surface area contributed by atoms with Crippen molar-refractivity contribution in [2.45, 2.75) is 26.2 Å². The summed E-state index contributed by atoms with van der Waals surface area (Å²) >= 11 is 0. The van der Waals surface area contributed by atoms with E-state index in [0.717, 1.165) is 19.4 Å². The van der Waals surface area contributed by atoms with Gasteiger partial charge < -0.3 is 10.4 Å². The summed E-state index contributed by atoms with van der Waals surface area (Å²) in [5.74, 6) is -1.36. The summed E-state index contributed by atoms with van der Waals surface area (Å²) in [4.78, 5) is 10.6. The Balaban J connectivity index is 2.76. The van der Waals surface area contributed by atoms with Crippen molar-refractivity contribution >= 4 is 11.7 Å². The van der Waals surface area contributed by atoms with Gasteiger partial charge in [0.15, 0.2) is 0 Å². The first-order valence-corrected chi connectivity index (χ1v) is 5.37. The molecule has 0 unspecified atom stereocenters. The topological polar surface area (TPSA) is 49.3 Å². The minimum atomic E-state index is -0.954. The van der Waals surface area contributed by atoms with E-state index in [1.54, 1.807) is 6.07 Å². The highest BCUT2D eigenvalue weighted by atomic mass is 19.1. The summed E-state index contributed by atoms with van der Waals surface area (Å²) in [6.45, 7) is 2.85. The zero-order valence-corrected chi connectivity index (χ0v) is 9.29. The molecule has 0 spiro atoms. The quantitative estimate of drug-likeness (QED) is 0.732. The second-order valence-electron chi connectivity index (χ2n) is 3.65. The second kappa shape index (κ2) is 6.10. The molecule has 0 aliphatic rings. The van der Waals surface area contributed by atoms with Gasteiger partial charge in [-0.25, -0.2) is 4.39 Å². The van der Waals surface area contributed by atoms with Gasteiger partial charge >= 0.3 is 5.97 Å². The molecular weight excluding hydrogens is 209 g/mol. The van der Waals surface area contributed by atoms with Crippen molar-refractivity contribution < 1.29 is 14.3 Å². The molecular formula is C12H16FNO2. The molecule has 3 nitrogen and oxygen atoms in total. The molecule has 1 aromatic rings. The molecule has 0 amide bonds. The molecule has 0 radical (unpaired) electrons. The molecule has 0 heterocycles. The minimum Gasteiger partial charge on any atom is -0.481 e. The smallest absolute Gasteiger partial charge is 0.307 e. The maximum atomic E-state index is 13.0. The molecule has 0 saturated heterocycles. The number of halogens is 1. The Morgan fingerprint density at radius 1 is 1.50 bits per heavy atom. The third-order valence-electron chi connectivity index (χ3n) is 2.25. The lowest BCUT2D eigenvalue weighted by atomic mass is 10.1. The predicted octanol–water partition coefficient (Wildman–Crippen LogP) is 2.66. The summed E-state index contributed by atoms with van der Waals surface area (Å²) < 4.78 is 13.0. The highest BCUT2D eigenvalue weighted by Crippen LogP contribution is 2.17. The Hall–Kier alpha value is -1.58. The van der Waals surface area contributed by atoms with E-state index in [2.05, 4.69) is 12.2 Å². The zero-order chi connectivity index (χ0) is 12.0. The highest BCUT2D eigenvalue weighted by Gasteiger charge is 2.07. The van der Waals surface area contributed by atoms with E-state index >= 15 is 0 Å². The summed E-state index contributed by atoms with van der Waals surface area (Å²) in [5, 5.41) is 11.8. The lowest BCUT2D eigenvalue weighted by Gasteiger charge is -2.10. The number of hydrogen-bond donors (Lipinski definition) is 2. The summed E-state index contributed by atoms with van der Waals surface area (Å²) in [5.41, 5.74) is 1.20. The lowest BCUT2D eigenvalue weighted by molar-refractivity contribution is -0.136. The maximum Gasteiger partial charge on any atom is 0.307 e. The van der Waals surface area contributed by atoms with E-state index in [4.69, 9.17) is 5.11 Å². The second-order valence-corrected chi connectivity index (χ2v) is 3.65. The highest BCUT2D eigenvalue weighted by molar-refractivity contribution is 5.73. The monoisotopic (exact) mass is 225 g/mol. The molecule has 0 aromatic heterocycles. The average molecular weight is 225 g/mol. The van der Waals surface area contributed by atoms with Crippen LogP contribution in [0.2, 0.25) is 0 Å². The molecule has 0 aliphatic heterocycles. The number of benzene rings is 1. The fourth-order valence-corrected chi connectivity index (χ4v) is 1.44. The van der Waals surface area contributed by atoms with E-state index in [9.17, 15) is 9.18 Å². The Bertz CT molecular complexity index is 366. The molecule has 0 aliphatic carbocycles. The molecule has 4 heteroatoms. The molecule has 16 heavy (non-hydrogen) atoms. The number of carboxylic acids is 1. The van der Waals surface area contributed by atoms with E-state index in [0.29, 0.717) is 11.3 Å². The van der Waals surface area contributed by atoms with Gasteiger partial charge in [-0.2, -0.15) is 0 Å². The van der Waals surface area contributed by atoms with Gasteiger partial charge in [0.25, 0.3) is 0 Å². The van der Waals surface area contributed by atoms with Gasteiger partial charge in [0, 0.05) is 12.2 Å². The number of carbonyl (C=O) groups is 1. The Kier molecular flexibility index (Phi) is 4.76. The molecule has 88 valence electrons. The first kappa shape index (κ1) is 12.5. The van der Waals surface area contributed by atoms with Crippen LogP contribution in [0.25, 0.3) is 0 Å². The van der Waals surface area contributed by atoms with Crippen LogP contribution in [0.1, 0.15) is 25.3 Å². The maximum absolute atomic E-state index is 13.0. The Morgan fingerprint density at radius 3 is 2.88 bits per heavy atom. The molecule has 0 fully saturated rings. The van der Waals surface area contributed by atoms with E-state index in [1.807, 2.05) is 0 Å². The van der Waals surface area contributed by atoms with Crippen molar-refractivity contribution in [1.29, 1.82) is 0 Å². The molecule has 0 atom stereocenters. The van der Waals surface area contributed by atoms with Crippen molar-refractivity contribution in [2.75, 3.05) is 11.9 Å². The zero-order valence-electron chi connectivity index (χ0n) is 9.29. The van der Waals surface area contributed by atoms with Crippen LogP contribution < -0.4 is 5.32 Å². The summed E-state index contributed by atoms with van der Waals surface area (Å²) in [6.07, 6.45) is 1.90. The van der Waals surface area contributed by atoms with Gasteiger partial charge in [-0.05, 0) is 30.2 Å². The number of nitrogens with one attached hydrogen (secondary N) is 1. The van der Waals surface area contributed by atoms with Gasteiger partial charge in [0.1, 0.15) is 5.82 Å². The van der Waals surface area contributed by atoms with Crippen LogP contribution in [0.3, 0.4) is 0 Å². The number of hydrogen-bond acceptors (Lipinski definition) is 2. The third-order valence-corrected chi connectivity index (χ3v) is 2.25. The Morgan fingerprint density at radius 2 is 2.25 bits per heavy atom. The first-order valence-electron chi connectivity index (χ1n) is 5.37. The molecule has 1 aromatic carbocycles. The van der Waals surface area contributed by atoms with Crippen molar-refractivity contribution in [3.8, 4) is 0 Å². The van der Waals surface area contributed by atoms with Gasteiger partial charge in [0.05, 0.1) is 6.42 Å². The molecule has 0 bridgehead atoms. The van der Waals surface area contributed by atoms with Gasteiger partial charge in [-0.15, -0.1) is 0 Å². The fourth-order valence-electron chi connectivity index (χ4n) is 1.44. The van der Waals surface area contributed by atoms with Gasteiger partial charge in [-0.1, -0.05) is 13.3 Å². The largest absolute Gasteiger partial charge is 0.481 e. The van der Waals surface area contributed by atoms with E-state index in [1.165, 1.54) is 12.1 Å². The van der Waals surface area contributed by atoms with Gasteiger partial charge in [0.2, 0.25) is 0 Å². The molecule has 2 N–H and O–H groups in total. The van der Waals surface area contributed by atoms with Crippen molar-refractivity contribution in [3.05, 3.63) is 29.6 Å². The minimum absolute atomic E-state index is 0.160. The summed E-state index contributed by atoms with van der Waals surface area (Å²) in [6, 6.07) is 4.19. The van der Waals surface area contributed by atoms with Gasteiger partial charge in [-0.3, -0.25) is 4.79 Å². The van der Waals surface area contributed by atoms with Crippen LogP contribution in [-0.2, 0) is 11.2 Å². The van der Waals surface area contributed by atoms with Crippen molar-refractivity contribution in [1.82, 2.24) is 0 Å². The number of unbranched alkanes of at least 4 members (excludes halogenated alkanes) is 1. The normalized spacial score (nSPS) is 10.1. The Labute approximate surface area is 94.3 Å². The number of carboxylic acid groups (broad SMARTS) is 1. The van der Waals surface area contributed by atoms with Crippen LogP contribution in [0.4, 0.5) is 10.1 Å². The third kappa shape index (κ3) is 3.88. The van der Waals surface area contributed by atoms with E-state index < -0.39 is 11.8 Å². The summed E-state index contributed by atoms with van der Waals surface area (Å²) in [7, 11) is 0. The van der Waals surface area contributed by atoms with Crippen LogP contribution in [0, 0.1) is 5.82 Å². The van der Waals surface area contributed by atoms with Crippen LogP contribution in [0.15, 0.2) is 18.2 Å². The SMILES string of the molecule is CCCCNc1ccc(F)cc1CC(=O)O. The standard InChI is InChI=1S/C12H16FNO2/c1-2-3-6-14-11-5-4-10(13)7-9(11)8-12(15)16/h4-5,7,14H,2-3,6,8H2,1H3,(H,15,16). The number of anilines is 1. The van der Waals surface area contributed by atoms with Crippen molar-refractivity contribution in [3.63, 3.8) is 0 Å². The fraction of sp³-hybridized carbons (Fsp3) is 0.417. The van der Waals surface area contributed by atoms with E-state index in [-0.39, 0.29) is 6.42 Å². The van der Waals surface area contributed by atoms with Crippen molar-refractivity contribution in [2.24, 2.45) is 0 Å². The number of rotatable bonds is 6. The van der Waals surface area contributed by atoms with Crippen LogP contribution in [0.5, 0.6) is 0 Å². The first-order chi connectivity index (χ1) is 7.63.